The van der Waals surface area contributed by atoms with E-state index in [0.29, 0.717) is 63.4 Å². The molecule has 6 aromatic rings. The first kappa shape index (κ1) is 62.3. The van der Waals surface area contributed by atoms with E-state index in [1.807, 2.05) is 80.6 Å². The number of aliphatic hydroxyl groups is 4. The van der Waals surface area contributed by atoms with Crippen molar-refractivity contribution in [3.8, 4) is 35.7 Å². The zero-order valence-corrected chi connectivity index (χ0v) is 50.7. The summed E-state index contributed by atoms with van der Waals surface area (Å²) >= 11 is 1.91. The van der Waals surface area contributed by atoms with Gasteiger partial charge >= 0.3 is 12.2 Å². The average Bonchev–Trinajstić information content (AvgIpc) is 1.75. The van der Waals surface area contributed by atoms with Gasteiger partial charge in [0.1, 0.15) is 46.9 Å². The number of imidazole rings is 2. The number of carbonyl (C=O) groups excluding carboxylic acids is 4. The monoisotopic (exact) mass is 1310 g/mol. The number of hydrogen-bond acceptors (Lipinski definition) is 20. The molecule has 0 radical (unpaired) electrons. The minimum absolute atomic E-state index is 0.0831. The van der Waals surface area contributed by atoms with Crippen molar-refractivity contribution in [3.05, 3.63) is 81.0 Å². The maximum absolute atomic E-state index is 12.6. The van der Waals surface area contributed by atoms with Crippen LogP contribution in [0.1, 0.15) is 105 Å². The predicted molar refractivity (Wildman–Crippen MR) is 324 cm³/mol. The number of nitrogens with zero attached hydrogens (tertiary/aromatic N) is 10. The van der Waals surface area contributed by atoms with Gasteiger partial charge in [-0.1, -0.05) is 18.1 Å². The quantitative estimate of drug-likeness (QED) is 0.0545. The van der Waals surface area contributed by atoms with Gasteiger partial charge in [0.15, 0.2) is 51.4 Å². The zero-order valence-electron chi connectivity index (χ0n) is 48.6. The summed E-state index contributed by atoms with van der Waals surface area (Å²) in [5.41, 5.74) is 17.8. The van der Waals surface area contributed by atoms with E-state index in [0.717, 1.165) is 87.6 Å². The Morgan fingerprint density at radius 3 is 1.49 bits per heavy atom. The second-order valence-corrected chi connectivity index (χ2v) is 23.8. The molecule has 27 heteroatoms. The zero-order chi connectivity index (χ0) is 61.8. The summed E-state index contributed by atoms with van der Waals surface area (Å²) in [6, 6.07) is 11.5. The summed E-state index contributed by atoms with van der Waals surface area (Å²) in [6.45, 7) is 10.7. The largest absolute Gasteiger partial charge is 0.415 e. The lowest BCUT2D eigenvalue weighted by atomic mass is 9.94. The Bertz CT molecular complexity index is 3630. The number of terminal acetylenes is 1. The number of aliphatic hydroxyl groups excluding tert-OH is 4. The van der Waals surface area contributed by atoms with Gasteiger partial charge in [-0.05, 0) is 143 Å². The summed E-state index contributed by atoms with van der Waals surface area (Å²) in [4.78, 5) is 78.3. The second kappa shape index (κ2) is 27.1. The highest BCUT2D eigenvalue weighted by atomic mass is 127. The fraction of sp³-hybridized carbons (Fsp3) is 0.500. The molecule has 10 N–H and O–H groups in total. The van der Waals surface area contributed by atoms with Gasteiger partial charge in [-0.3, -0.25) is 18.7 Å². The Morgan fingerprint density at radius 2 is 1.06 bits per heavy atom. The maximum atomic E-state index is 12.6. The van der Waals surface area contributed by atoms with Gasteiger partial charge in [0, 0.05) is 73.7 Å². The molecule has 4 amide bonds. The number of fused-ring (bicyclic) bond motifs is 2. The van der Waals surface area contributed by atoms with Gasteiger partial charge in [0.2, 0.25) is 5.82 Å². The normalized spacial score (nSPS) is 23.8. The number of carbonyl (C=O) groups is 4. The highest BCUT2D eigenvalue weighted by molar-refractivity contribution is 14.1. The molecular weight excluding hydrogens is 1240 g/mol. The van der Waals surface area contributed by atoms with Gasteiger partial charge in [-0.25, -0.2) is 39.5 Å². The van der Waals surface area contributed by atoms with Crippen molar-refractivity contribution in [1.82, 2.24) is 59.5 Å². The molecule has 26 nitrogen and oxygen atoms in total. The number of hydrogen-bond donors (Lipinski definition) is 8. The van der Waals surface area contributed by atoms with E-state index in [4.69, 9.17) is 36.8 Å². The highest BCUT2D eigenvalue weighted by Gasteiger charge is 2.50. The Labute approximate surface area is 515 Å². The van der Waals surface area contributed by atoms with Crippen molar-refractivity contribution in [3.63, 3.8) is 0 Å². The Balaban J connectivity index is 0.000000160. The van der Waals surface area contributed by atoms with Crippen LogP contribution in [0.15, 0.2) is 49.1 Å². The molecule has 8 atom stereocenters. The molecule has 0 spiro atoms. The van der Waals surface area contributed by atoms with Crippen molar-refractivity contribution in [2.75, 3.05) is 37.6 Å². The molecule has 2 aliphatic carbocycles. The summed E-state index contributed by atoms with van der Waals surface area (Å²) in [5, 5.41) is 47.2. The molecule has 460 valence electrons. The van der Waals surface area contributed by atoms with Crippen molar-refractivity contribution in [2.45, 2.75) is 153 Å². The van der Waals surface area contributed by atoms with E-state index in [1.165, 1.54) is 27.4 Å². The molecule has 4 saturated heterocycles. The topological polar surface area (TPSA) is 356 Å². The number of ether oxygens (including phenoxy) is 4. The first-order chi connectivity index (χ1) is 41.7. The van der Waals surface area contributed by atoms with Crippen molar-refractivity contribution in [1.29, 1.82) is 0 Å². The molecule has 2 unspecified atom stereocenters. The van der Waals surface area contributed by atoms with Crippen LogP contribution in [0, 0.1) is 67.5 Å². The molecule has 4 aromatic heterocycles. The van der Waals surface area contributed by atoms with Crippen molar-refractivity contribution in [2.24, 2.45) is 11.8 Å². The summed E-state index contributed by atoms with van der Waals surface area (Å²) < 4.78 is 25.7. The van der Waals surface area contributed by atoms with Gasteiger partial charge in [0.25, 0.3) is 11.8 Å². The predicted octanol–water partition coefficient (Wildman–Crippen LogP) is 4.02. The third kappa shape index (κ3) is 14.8. The third-order valence-corrected chi connectivity index (χ3v) is 16.9. The Kier molecular flexibility index (Phi) is 19.4. The number of aromatic nitrogens is 8. The van der Waals surface area contributed by atoms with Gasteiger partial charge < -0.3 is 71.3 Å². The van der Waals surface area contributed by atoms with Crippen molar-refractivity contribution < 1.29 is 58.6 Å². The number of nitrogens with two attached hydrogens (primary N) is 2. The first-order valence-electron chi connectivity index (χ1n) is 29.0. The average molecular weight is 1310 g/mol. The van der Waals surface area contributed by atoms with Crippen LogP contribution in [0.4, 0.5) is 21.2 Å². The van der Waals surface area contributed by atoms with E-state index >= 15 is 0 Å². The second-order valence-electron chi connectivity index (χ2n) is 22.9. The molecule has 6 aliphatic rings. The summed E-state index contributed by atoms with van der Waals surface area (Å²) in [7, 11) is 0. The molecule has 2 saturated carbocycles. The van der Waals surface area contributed by atoms with Crippen LogP contribution >= 0.6 is 22.6 Å². The number of amides is 4. The molecule has 6 fully saturated rings. The molecule has 8 heterocycles. The van der Waals surface area contributed by atoms with Crippen LogP contribution in [0.2, 0.25) is 0 Å². The van der Waals surface area contributed by atoms with Crippen LogP contribution in [0.5, 0.6) is 11.5 Å². The standard InChI is InChI=1S/C30H35N7O6.C17H21NO2.C13H15IN6O4/c1-16-6-9-20(14-17(16)2)42-30(41)36-12-10-18(11-13-36)4-3-5-21-34-26(31)22-27(35-21)37(15-32-22)29-24(39)23(38)25(43-29)28(40)33-19-7-8-19;1-4-5-15-8-10-18(11-9-15)17(19)20-16-7-6-13(2)14(3)12-16;14-13-18-9(15)5-10(19-13)20(3-16-5)12-7(22)6(21)8(24-12)11(23)17-4-1-2-4/h6,9,14-15,18-19,23-25,29,38-39H,4,7-8,10-13H2,1-2H3,(H,33,40)(H2,31,34,35);1,6-7,12,15H,5,8-11H2,2-3H3;3-4,6-8,12,21-22H,1-2H2,(H,17,23)(H2,15,18,19)/t23-,24?,25+,29-;;6-,7?,8+,12-/m1.1/s1. The van der Waals surface area contributed by atoms with Gasteiger partial charge in [0.05, 0.1) is 12.7 Å². The number of piperidine rings is 2. The number of likely N-dealkylation sites (tertiary alicyclic amines) is 2. The van der Waals surface area contributed by atoms with Gasteiger partial charge in [-0.15, -0.1) is 12.3 Å². The molecule has 12 rings (SSSR count). The maximum Gasteiger partial charge on any atom is 0.415 e. The van der Waals surface area contributed by atoms with Gasteiger partial charge in [-0.2, -0.15) is 0 Å². The number of nitrogen functional groups attached to an aromatic ring is 2. The first-order valence-corrected chi connectivity index (χ1v) is 30.1. The third-order valence-electron chi connectivity index (χ3n) is 16.4. The molecular formula is C60H71IN14O12. The minimum Gasteiger partial charge on any atom is -0.410 e. The molecule has 0 bridgehead atoms. The lowest BCUT2D eigenvalue weighted by molar-refractivity contribution is -0.138. The van der Waals surface area contributed by atoms with E-state index in [2.05, 4.69) is 58.3 Å². The number of anilines is 2. The fourth-order valence-corrected chi connectivity index (χ4v) is 11.0. The smallest absolute Gasteiger partial charge is 0.410 e. The Morgan fingerprint density at radius 1 is 0.621 bits per heavy atom. The van der Waals surface area contributed by atoms with Crippen LogP contribution < -0.4 is 31.6 Å². The lowest BCUT2D eigenvalue weighted by Gasteiger charge is -2.30. The summed E-state index contributed by atoms with van der Waals surface area (Å²) in [6.07, 6.45) is 6.10. The Hall–Kier alpha value is -7.77. The van der Waals surface area contributed by atoms with Crippen molar-refractivity contribution >= 4 is 80.6 Å². The number of nitrogens with one attached hydrogen (secondary N) is 2. The van der Waals surface area contributed by atoms with E-state index in [9.17, 15) is 39.6 Å². The number of benzene rings is 2. The fourth-order valence-electron chi connectivity index (χ4n) is 10.5. The molecule has 2 aromatic carbocycles. The van der Waals surface area contributed by atoms with E-state index < -0.39 is 60.9 Å². The molecule has 4 aliphatic heterocycles. The van der Waals surface area contributed by atoms with Crippen LogP contribution in [-0.4, -0.2) is 168 Å². The number of aryl methyl sites for hydroxylation is 4. The number of rotatable bonds is 10. The summed E-state index contributed by atoms with van der Waals surface area (Å²) in [5.74, 6) is 10.4. The van der Waals surface area contributed by atoms with E-state index in [1.54, 1.807) is 15.9 Å². The van der Waals surface area contributed by atoms with E-state index in [-0.39, 0.29) is 47.4 Å². The molecule has 87 heavy (non-hydrogen) atoms. The van der Waals surface area contributed by atoms with Crippen LogP contribution in [0.25, 0.3) is 22.3 Å². The SMILES string of the molecule is C#CCC1CCN(C(=O)Oc2ccc(C)c(C)c2)CC1.Cc1ccc(OC(=O)N2CCC(CC#Cc3nc(N)c4ncn([C@@H]5O[C@H](C(=O)NC6CC6)[C@H](O)C5O)c4n3)CC2)cc1C.Nc1nc(I)nc2c1ncn2[C@@H]1O[C@H](C(=O)NC2CC2)[C@H](O)C1O. The highest BCUT2D eigenvalue weighted by Crippen LogP contribution is 2.35. The minimum atomic E-state index is -1.42. The lowest BCUT2D eigenvalue weighted by Crippen LogP contribution is -2.43. The van der Waals surface area contributed by atoms with Crippen LogP contribution in [-0.2, 0) is 19.1 Å². The number of halogens is 1. The van der Waals surface area contributed by atoms with Crippen LogP contribution in [0.3, 0.4) is 0 Å².